The van der Waals surface area contributed by atoms with Crippen molar-refractivity contribution >= 4 is 27.4 Å². The summed E-state index contributed by atoms with van der Waals surface area (Å²) in [4.78, 5) is 8.97. The van der Waals surface area contributed by atoms with Crippen molar-refractivity contribution in [2.75, 3.05) is 5.73 Å². The number of rotatable bonds is 0. The van der Waals surface area contributed by atoms with E-state index in [2.05, 4.69) is 9.97 Å². The Kier molecular flexibility index (Phi) is 1.29. The van der Waals surface area contributed by atoms with Gasteiger partial charge in [0.25, 0.3) is 0 Å². The molecule has 0 atom stereocenters. The highest BCUT2D eigenvalue weighted by Gasteiger charge is 2.03. The topological polar surface area (TPSA) is 51.8 Å². The average Bonchev–Trinajstić information content (AvgIpc) is 2.34. The summed E-state index contributed by atoms with van der Waals surface area (Å²) < 4.78 is 0. The fraction of sp³-hybridized carbons (Fsp3) is 0.143. The van der Waals surface area contributed by atoms with Crippen molar-refractivity contribution in [1.29, 1.82) is 0 Å². The van der Waals surface area contributed by atoms with E-state index in [1.165, 1.54) is 6.33 Å². The Labute approximate surface area is 67.9 Å². The number of aromatic nitrogens is 2. The average molecular weight is 165 g/mol. The van der Waals surface area contributed by atoms with Gasteiger partial charge in [0, 0.05) is 0 Å². The van der Waals surface area contributed by atoms with Crippen molar-refractivity contribution in [2.45, 2.75) is 6.92 Å². The largest absolute Gasteiger partial charge is 0.383 e. The summed E-state index contributed by atoms with van der Waals surface area (Å²) in [5, 5.41) is 3.04. The van der Waals surface area contributed by atoms with Gasteiger partial charge in [0.1, 0.15) is 17.0 Å². The molecule has 2 aromatic heterocycles. The smallest absolute Gasteiger partial charge is 0.135 e. The molecule has 0 saturated carbocycles. The summed E-state index contributed by atoms with van der Waals surface area (Å²) in [5.41, 5.74) is 6.81. The number of hydrogen-bond donors (Lipinski definition) is 1. The lowest BCUT2D eigenvalue weighted by molar-refractivity contribution is 1.24. The zero-order valence-electron chi connectivity index (χ0n) is 6.03. The minimum atomic E-state index is 0.578. The van der Waals surface area contributed by atoms with Crippen molar-refractivity contribution in [3.05, 3.63) is 17.3 Å². The van der Waals surface area contributed by atoms with Crippen molar-refractivity contribution < 1.29 is 0 Å². The number of nitrogen functional groups attached to an aromatic ring is 1. The highest BCUT2D eigenvalue weighted by molar-refractivity contribution is 7.17. The number of aryl methyl sites for hydroxylation is 1. The molecule has 0 aliphatic heterocycles. The predicted molar refractivity (Wildman–Crippen MR) is 46.6 cm³/mol. The van der Waals surface area contributed by atoms with Gasteiger partial charge in [0.15, 0.2) is 0 Å². The van der Waals surface area contributed by atoms with Crippen LogP contribution in [0.15, 0.2) is 11.7 Å². The van der Waals surface area contributed by atoms with E-state index in [0.717, 1.165) is 15.8 Å². The molecule has 2 N–H and O–H groups in total. The number of anilines is 1. The maximum atomic E-state index is 5.66. The second-order valence-electron chi connectivity index (χ2n) is 2.36. The van der Waals surface area contributed by atoms with Gasteiger partial charge in [-0.05, 0) is 17.9 Å². The van der Waals surface area contributed by atoms with Crippen LogP contribution in [-0.2, 0) is 0 Å². The quantitative estimate of drug-likeness (QED) is 0.644. The Bertz CT molecular complexity index is 393. The van der Waals surface area contributed by atoms with Gasteiger partial charge in [-0.3, -0.25) is 0 Å². The number of thiophene rings is 1. The van der Waals surface area contributed by atoms with Gasteiger partial charge < -0.3 is 5.73 Å². The van der Waals surface area contributed by atoms with Crippen molar-refractivity contribution in [3.63, 3.8) is 0 Å². The van der Waals surface area contributed by atoms with Crippen LogP contribution in [0.4, 0.5) is 5.82 Å². The fourth-order valence-corrected chi connectivity index (χ4v) is 1.94. The van der Waals surface area contributed by atoms with E-state index in [9.17, 15) is 0 Å². The van der Waals surface area contributed by atoms with Crippen LogP contribution < -0.4 is 5.73 Å². The van der Waals surface area contributed by atoms with Gasteiger partial charge in [-0.25, -0.2) is 9.97 Å². The molecule has 2 aromatic rings. The molecule has 0 amide bonds. The zero-order valence-corrected chi connectivity index (χ0v) is 6.85. The normalized spacial score (nSPS) is 10.6. The molecule has 0 saturated heterocycles. The first kappa shape index (κ1) is 6.54. The first-order valence-electron chi connectivity index (χ1n) is 3.23. The van der Waals surface area contributed by atoms with Gasteiger partial charge in [0.2, 0.25) is 0 Å². The Morgan fingerprint density at radius 3 is 3.00 bits per heavy atom. The molecule has 0 radical (unpaired) electrons. The third-order valence-corrected chi connectivity index (χ3v) is 2.59. The van der Waals surface area contributed by atoms with Gasteiger partial charge in [-0.2, -0.15) is 0 Å². The second kappa shape index (κ2) is 2.17. The van der Waals surface area contributed by atoms with Gasteiger partial charge in [-0.15, -0.1) is 11.3 Å². The van der Waals surface area contributed by atoms with Crippen LogP contribution in [0.25, 0.3) is 10.2 Å². The fourth-order valence-electron chi connectivity index (χ4n) is 1.05. The Hall–Kier alpha value is -1.16. The SMILES string of the molecule is Cc1csc2ncnc(N)c12. The van der Waals surface area contributed by atoms with E-state index in [4.69, 9.17) is 5.73 Å². The zero-order chi connectivity index (χ0) is 7.84. The molecular formula is C7H7N3S. The predicted octanol–water partition coefficient (Wildman–Crippen LogP) is 1.58. The van der Waals surface area contributed by atoms with Crippen molar-refractivity contribution in [2.24, 2.45) is 0 Å². The number of nitrogens with zero attached hydrogens (tertiary/aromatic N) is 2. The van der Waals surface area contributed by atoms with Crippen LogP contribution in [-0.4, -0.2) is 9.97 Å². The maximum absolute atomic E-state index is 5.66. The van der Waals surface area contributed by atoms with E-state index < -0.39 is 0 Å². The van der Waals surface area contributed by atoms with E-state index in [1.54, 1.807) is 11.3 Å². The molecule has 56 valence electrons. The molecule has 0 spiro atoms. The summed E-state index contributed by atoms with van der Waals surface area (Å²) >= 11 is 1.60. The van der Waals surface area contributed by atoms with Crippen LogP contribution in [0.2, 0.25) is 0 Å². The molecule has 0 aromatic carbocycles. The minimum absolute atomic E-state index is 0.578. The van der Waals surface area contributed by atoms with Crippen LogP contribution in [0.5, 0.6) is 0 Å². The molecule has 3 nitrogen and oxygen atoms in total. The van der Waals surface area contributed by atoms with Crippen LogP contribution in [0.3, 0.4) is 0 Å². The van der Waals surface area contributed by atoms with Gasteiger partial charge >= 0.3 is 0 Å². The van der Waals surface area contributed by atoms with Crippen LogP contribution >= 0.6 is 11.3 Å². The van der Waals surface area contributed by atoms with Crippen LogP contribution in [0, 0.1) is 6.92 Å². The summed E-state index contributed by atoms with van der Waals surface area (Å²) in [6, 6.07) is 0. The molecule has 0 unspecified atom stereocenters. The summed E-state index contributed by atoms with van der Waals surface area (Å²) in [5.74, 6) is 0.578. The highest BCUT2D eigenvalue weighted by atomic mass is 32.1. The van der Waals surface area contributed by atoms with Gasteiger partial charge in [-0.1, -0.05) is 0 Å². The van der Waals surface area contributed by atoms with Gasteiger partial charge in [0.05, 0.1) is 5.39 Å². The molecule has 0 aliphatic rings. The molecule has 2 heterocycles. The van der Waals surface area contributed by atoms with Crippen molar-refractivity contribution in [3.8, 4) is 0 Å². The first-order valence-corrected chi connectivity index (χ1v) is 4.11. The monoisotopic (exact) mass is 165 g/mol. The molecule has 0 bridgehead atoms. The lowest BCUT2D eigenvalue weighted by Crippen LogP contribution is -1.91. The first-order chi connectivity index (χ1) is 5.29. The third kappa shape index (κ3) is 0.867. The molecule has 2 rings (SSSR count). The summed E-state index contributed by atoms with van der Waals surface area (Å²) in [7, 11) is 0. The third-order valence-electron chi connectivity index (χ3n) is 1.58. The van der Waals surface area contributed by atoms with Crippen LogP contribution in [0.1, 0.15) is 5.56 Å². The van der Waals surface area contributed by atoms with E-state index in [0.29, 0.717) is 5.82 Å². The lowest BCUT2D eigenvalue weighted by atomic mass is 10.2. The number of fused-ring (bicyclic) bond motifs is 1. The molecule has 11 heavy (non-hydrogen) atoms. The van der Waals surface area contributed by atoms with E-state index in [1.807, 2.05) is 12.3 Å². The summed E-state index contributed by atoms with van der Waals surface area (Å²) in [6.07, 6.45) is 1.49. The Morgan fingerprint density at radius 2 is 2.27 bits per heavy atom. The minimum Gasteiger partial charge on any atom is -0.383 e. The van der Waals surface area contributed by atoms with E-state index in [-0.39, 0.29) is 0 Å². The Morgan fingerprint density at radius 1 is 1.45 bits per heavy atom. The lowest BCUT2D eigenvalue weighted by Gasteiger charge is -1.93. The molecular weight excluding hydrogens is 158 g/mol. The second-order valence-corrected chi connectivity index (χ2v) is 3.22. The highest BCUT2D eigenvalue weighted by Crippen LogP contribution is 2.26. The van der Waals surface area contributed by atoms with E-state index >= 15 is 0 Å². The molecule has 0 aliphatic carbocycles. The Balaban J connectivity index is 2.96. The standard InChI is InChI=1S/C7H7N3S/c1-4-2-11-7-5(4)6(8)9-3-10-7/h2-3H,1H3,(H2,8,9,10). The van der Waals surface area contributed by atoms with Crippen molar-refractivity contribution in [1.82, 2.24) is 9.97 Å². The number of hydrogen-bond acceptors (Lipinski definition) is 4. The number of nitrogens with two attached hydrogens (primary N) is 1. The summed E-state index contributed by atoms with van der Waals surface area (Å²) in [6.45, 7) is 2.01. The molecule has 0 fully saturated rings. The molecule has 4 heteroatoms. The maximum Gasteiger partial charge on any atom is 0.135 e.